The Morgan fingerprint density at radius 1 is 0.860 bits per heavy atom. The number of carbonyl (C=O) groups is 2. The summed E-state index contributed by atoms with van der Waals surface area (Å²) in [6.07, 6.45) is 8.21. The maximum Gasteiger partial charge on any atom is 0.419 e. The molecule has 0 aliphatic carbocycles. The number of para-hydroxylation sites is 1. The molecule has 4 aromatic rings. The lowest BCUT2D eigenvalue weighted by atomic mass is 9.97. The zero-order valence-corrected chi connectivity index (χ0v) is 24.7. The molecule has 5 rings (SSSR count). The number of aromatic nitrogens is 2. The van der Waals surface area contributed by atoms with Crippen molar-refractivity contribution in [1.82, 2.24) is 14.9 Å². The second kappa shape index (κ2) is 13.7. The van der Waals surface area contributed by atoms with E-state index in [1.807, 2.05) is 24.3 Å². The number of hydrogen-bond donors (Lipinski definition) is 0. The normalized spacial score (nSPS) is 14.0. The van der Waals surface area contributed by atoms with E-state index < -0.39 is 12.1 Å². The van der Waals surface area contributed by atoms with Gasteiger partial charge in [0, 0.05) is 23.4 Å². The summed E-state index contributed by atoms with van der Waals surface area (Å²) in [5, 5.41) is 0. The van der Waals surface area contributed by atoms with Crippen LogP contribution in [0.25, 0.3) is 28.6 Å². The van der Waals surface area contributed by atoms with Crippen LogP contribution in [0.15, 0.2) is 97.2 Å². The first kappa shape index (κ1) is 29.5. The number of ether oxygens (including phenoxy) is 2. The van der Waals surface area contributed by atoms with Crippen molar-refractivity contribution in [3.63, 3.8) is 0 Å². The zero-order chi connectivity index (χ0) is 30.2. The van der Waals surface area contributed by atoms with Gasteiger partial charge < -0.3 is 9.47 Å². The minimum atomic E-state index is -0.499. The number of nitrogens with zero attached hydrogens (tertiary/aromatic N) is 3. The molecule has 0 saturated heterocycles. The molecule has 7 nitrogen and oxygen atoms in total. The molecule has 218 valence electrons. The van der Waals surface area contributed by atoms with Gasteiger partial charge in [0.15, 0.2) is 0 Å². The van der Waals surface area contributed by atoms with E-state index in [2.05, 4.69) is 62.4 Å². The van der Waals surface area contributed by atoms with Gasteiger partial charge in [-0.05, 0) is 58.2 Å². The number of unbranched alkanes of at least 4 members (excludes halogenated alkanes) is 1. The smallest absolute Gasteiger partial charge is 0.419 e. The summed E-state index contributed by atoms with van der Waals surface area (Å²) in [6.45, 7) is 6.22. The number of benzene rings is 3. The number of aryl methyl sites for hydroxylation is 2. The van der Waals surface area contributed by atoms with E-state index in [0.717, 1.165) is 33.6 Å². The van der Waals surface area contributed by atoms with Gasteiger partial charge in [-0.3, -0.25) is 4.90 Å². The number of rotatable bonds is 9. The number of hydrogen-bond acceptors (Lipinski definition) is 6. The maximum absolute atomic E-state index is 13.5. The Balaban J connectivity index is 1.53. The Hall–Kier alpha value is -5.04. The molecular formula is C36H35N3O4. The maximum atomic E-state index is 13.5. The fraction of sp³-hybridized carbons (Fsp3) is 0.222. The standard InChI is InChI=1S/C36H35N3O4/c1-4-42-32(40)14-10-6-9-13-31-35-30(23-24-39(31)36(41)43-29-11-7-5-8-12-29)37-33(27-19-15-25(2)16-20-27)34(38-35)28-21-17-26(3)18-22-28/h5,7-8,10-12,14-24,31H,4,6,9,13H2,1-3H3. The molecule has 7 heteroatoms. The topological polar surface area (TPSA) is 81.6 Å². The average Bonchev–Trinajstić information content (AvgIpc) is 3.01. The van der Waals surface area contributed by atoms with E-state index in [1.165, 1.54) is 6.08 Å². The number of esters is 1. The highest BCUT2D eigenvalue weighted by molar-refractivity contribution is 5.82. The van der Waals surface area contributed by atoms with E-state index in [-0.39, 0.29) is 5.97 Å². The highest BCUT2D eigenvalue weighted by atomic mass is 16.6. The van der Waals surface area contributed by atoms with Crippen molar-refractivity contribution in [2.45, 2.75) is 46.1 Å². The SMILES string of the molecule is CCOC(=O)C=CCCCC1c2nc(-c3ccc(C)cc3)c(-c3ccc(C)cc3)nc2C=CN1C(=O)Oc1ccccc1. The van der Waals surface area contributed by atoms with Crippen LogP contribution in [0.4, 0.5) is 4.79 Å². The van der Waals surface area contributed by atoms with Crippen LogP contribution < -0.4 is 4.74 Å². The van der Waals surface area contributed by atoms with E-state index in [0.29, 0.717) is 43.0 Å². The summed E-state index contributed by atoms with van der Waals surface area (Å²) in [5.41, 5.74) is 7.17. The summed E-state index contributed by atoms with van der Waals surface area (Å²) < 4.78 is 10.7. The van der Waals surface area contributed by atoms with Gasteiger partial charge in [0.25, 0.3) is 0 Å². The largest absolute Gasteiger partial charge is 0.463 e. The third kappa shape index (κ3) is 7.25. The van der Waals surface area contributed by atoms with Gasteiger partial charge in [-0.15, -0.1) is 0 Å². The summed E-state index contributed by atoms with van der Waals surface area (Å²) in [4.78, 5) is 37.2. The molecule has 0 radical (unpaired) electrons. The van der Waals surface area contributed by atoms with Crippen LogP contribution in [-0.4, -0.2) is 33.5 Å². The van der Waals surface area contributed by atoms with E-state index in [9.17, 15) is 9.59 Å². The second-order valence-electron chi connectivity index (χ2n) is 10.4. The molecule has 2 heterocycles. The predicted molar refractivity (Wildman–Crippen MR) is 168 cm³/mol. The molecule has 1 aliphatic heterocycles. The minimum absolute atomic E-state index is 0.333. The van der Waals surface area contributed by atoms with Crippen molar-refractivity contribution < 1.29 is 19.1 Å². The molecule has 3 aromatic carbocycles. The summed E-state index contributed by atoms with van der Waals surface area (Å²) in [6, 6.07) is 25.1. The molecule has 0 N–H and O–H groups in total. The third-order valence-electron chi connectivity index (χ3n) is 7.19. The summed E-state index contributed by atoms with van der Waals surface area (Å²) >= 11 is 0. The first-order valence-electron chi connectivity index (χ1n) is 14.6. The van der Waals surface area contributed by atoms with Gasteiger partial charge in [0.2, 0.25) is 0 Å². The van der Waals surface area contributed by atoms with Crippen molar-refractivity contribution in [1.29, 1.82) is 0 Å². The van der Waals surface area contributed by atoms with Gasteiger partial charge in [-0.1, -0.05) is 83.9 Å². The van der Waals surface area contributed by atoms with Crippen molar-refractivity contribution in [3.05, 3.63) is 120 Å². The summed E-state index contributed by atoms with van der Waals surface area (Å²) in [5.74, 6) is 0.0997. The van der Waals surface area contributed by atoms with Crippen molar-refractivity contribution in [3.8, 4) is 28.3 Å². The molecule has 0 saturated carbocycles. The first-order chi connectivity index (χ1) is 20.9. The molecule has 1 amide bonds. The molecule has 1 aliphatic rings. The lowest BCUT2D eigenvalue weighted by Gasteiger charge is -2.32. The molecule has 0 bridgehead atoms. The summed E-state index contributed by atoms with van der Waals surface area (Å²) in [7, 11) is 0. The van der Waals surface area contributed by atoms with Crippen LogP contribution in [0.3, 0.4) is 0 Å². The van der Waals surface area contributed by atoms with Crippen LogP contribution in [0.5, 0.6) is 5.75 Å². The Kier molecular flexibility index (Phi) is 9.42. The lowest BCUT2D eigenvalue weighted by molar-refractivity contribution is -0.137. The van der Waals surface area contributed by atoms with Crippen molar-refractivity contribution in [2.24, 2.45) is 0 Å². The van der Waals surface area contributed by atoms with E-state index in [4.69, 9.17) is 19.4 Å². The Labute approximate surface area is 252 Å². The predicted octanol–water partition coefficient (Wildman–Crippen LogP) is 8.24. The first-order valence-corrected chi connectivity index (χ1v) is 14.6. The monoisotopic (exact) mass is 573 g/mol. The average molecular weight is 574 g/mol. The van der Waals surface area contributed by atoms with Crippen LogP contribution in [-0.2, 0) is 9.53 Å². The molecule has 1 atom stereocenters. The lowest BCUT2D eigenvalue weighted by Crippen LogP contribution is -2.35. The molecule has 43 heavy (non-hydrogen) atoms. The Morgan fingerprint density at radius 3 is 2.12 bits per heavy atom. The zero-order valence-electron chi connectivity index (χ0n) is 24.7. The van der Waals surface area contributed by atoms with Crippen LogP contribution >= 0.6 is 0 Å². The van der Waals surface area contributed by atoms with Crippen molar-refractivity contribution >= 4 is 18.1 Å². The number of amides is 1. The third-order valence-corrected chi connectivity index (χ3v) is 7.19. The molecule has 1 unspecified atom stereocenters. The van der Waals surface area contributed by atoms with Crippen LogP contribution in [0.2, 0.25) is 0 Å². The van der Waals surface area contributed by atoms with Gasteiger partial charge in [-0.2, -0.15) is 0 Å². The molecule has 0 fully saturated rings. The van der Waals surface area contributed by atoms with E-state index in [1.54, 1.807) is 36.2 Å². The highest BCUT2D eigenvalue weighted by Gasteiger charge is 2.32. The van der Waals surface area contributed by atoms with Gasteiger partial charge in [0.05, 0.1) is 35.4 Å². The molecular weight excluding hydrogens is 538 g/mol. The Morgan fingerprint density at radius 2 is 1.49 bits per heavy atom. The van der Waals surface area contributed by atoms with E-state index >= 15 is 0 Å². The number of allylic oxidation sites excluding steroid dienone is 1. The van der Waals surface area contributed by atoms with Gasteiger partial charge in [0.1, 0.15) is 5.75 Å². The second-order valence-corrected chi connectivity index (χ2v) is 10.4. The fourth-order valence-corrected chi connectivity index (χ4v) is 4.95. The fourth-order valence-electron chi connectivity index (χ4n) is 4.95. The molecule has 1 aromatic heterocycles. The van der Waals surface area contributed by atoms with Gasteiger partial charge in [-0.25, -0.2) is 19.6 Å². The minimum Gasteiger partial charge on any atom is -0.463 e. The highest BCUT2D eigenvalue weighted by Crippen LogP contribution is 2.38. The number of carbonyl (C=O) groups excluding carboxylic acids is 2. The van der Waals surface area contributed by atoms with Crippen LogP contribution in [0.1, 0.15) is 54.7 Å². The van der Waals surface area contributed by atoms with Crippen molar-refractivity contribution in [2.75, 3.05) is 6.61 Å². The molecule has 0 spiro atoms. The van der Waals surface area contributed by atoms with Crippen LogP contribution in [0, 0.1) is 13.8 Å². The van der Waals surface area contributed by atoms with Gasteiger partial charge >= 0.3 is 12.1 Å². The number of fused-ring (bicyclic) bond motifs is 1. The Bertz CT molecular complexity index is 1630. The quantitative estimate of drug-likeness (QED) is 0.114.